The molecule has 1 heterocycles. The zero-order valence-electron chi connectivity index (χ0n) is 9.53. The summed E-state index contributed by atoms with van der Waals surface area (Å²) >= 11 is 1.66. The third-order valence-electron chi connectivity index (χ3n) is 2.43. The monoisotopic (exact) mass is 240 g/mol. The number of aliphatic hydroxyl groups excluding tert-OH is 1. The summed E-state index contributed by atoms with van der Waals surface area (Å²) in [4.78, 5) is 1.14. The van der Waals surface area contributed by atoms with E-state index in [2.05, 4.69) is 0 Å². The molecule has 0 saturated heterocycles. The van der Waals surface area contributed by atoms with Gasteiger partial charge in [-0.15, -0.1) is 11.8 Å². The fourth-order valence-corrected chi connectivity index (χ4v) is 2.48. The van der Waals surface area contributed by atoms with Crippen LogP contribution in [0.1, 0.15) is 12.5 Å². The lowest BCUT2D eigenvalue weighted by Crippen LogP contribution is -2.15. The van der Waals surface area contributed by atoms with Crippen molar-refractivity contribution in [2.75, 3.05) is 19.8 Å². The van der Waals surface area contributed by atoms with Crippen molar-refractivity contribution >= 4 is 11.8 Å². The Morgan fingerprint density at radius 2 is 1.94 bits per heavy atom. The molecule has 0 amide bonds. The van der Waals surface area contributed by atoms with Gasteiger partial charge in [-0.2, -0.15) is 0 Å². The number of fused-ring (bicyclic) bond motifs is 1. The zero-order valence-corrected chi connectivity index (χ0v) is 10.3. The first-order valence-corrected chi connectivity index (χ1v) is 6.26. The van der Waals surface area contributed by atoms with Gasteiger partial charge in [0.1, 0.15) is 13.2 Å². The van der Waals surface area contributed by atoms with Gasteiger partial charge in [0.25, 0.3) is 0 Å². The van der Waals surface area contributed by atoms with Crippen LogP contribution in [0.4, 0.5) is 0 Å². The first-order valence-electron chi connectivity index (χ1n) is 5.38. The lowest BCUT2D eigenvalue weighted by Gasteiger charge is -2.20. The Morgan fingerprint density at radius 1 is 1.31 bits per heavy atom. The maximum absolute atomic E-state index is 9.05. The molecule has 0 aliphatic carbocycles. The van der Waals surface area contributed by atoms with E-state index < -0.39 is 0 Å². The van der Waals surface area contributed by atoms with E-state index in [4.69, 9.17) is 14.6 Å². The maximum atomic E-state index is 9.05. The van der Waals surface area contributed by atoms with Crippen molar-refractivity contribution in [3.05, 3.63) is 17.7 Å². The van der Waals surface area contributed by atoms with Crippen LogP contribution in [-0.4, -0.2) is 30.2 Å². The molecule has 2 rings (SSSR count). The summed E-state index contributed by atoms with van der Waals surface area (Å²) in [6.07, 6.45) is 0. The van der Waals surface area contributed by atoms with Gasteiger partial charge in [-0.1, -0.05) is 6.92 Å². The summed E-state index contributed by atoms with van der Waals surface area (Å²) < 4.78 is 11.0. The summed E-state index contributed by atoms with van der Waals surface area (Å²) in [5.74, 6) is 1.63. The molecule has 4 heteroatoms. The molecule has 1 aliphatic heterocycles. The number of rotatable bonds is 3. The van der Waals surface area contributed by atoms with E-state index in [1.165, 1.54) is 0 Å². The largest absolute Gasteiger partial charge is 0.486 e. The highest BCUT2D eigenvalue weighted by Crippen LogP contribution is 2.37. The Balaban J connectivity index is 2.25. The molecule has 0 radical (unpaired) electrons. The van der Waals surface area contributed by atoms with Crippen molar-refractivity contribution < 1.29 is 14.6 Å². The van der Waals surface area contributed by atoms with Gasteiger partial charge in [0.05, 0.1) is 6.61 Å². The third kappa shape index (κ3) is 2.44. The lowest BCUT2D eigenvalue weighted by molar-refractivity contribution is 0.171. The second kappa shape index (κ2) is 4.97. The molecular weight excluding hydrogens is 224 g/mol. The van der Waals surface area contributed by atoms with Gasteiger partial charge in [-0.05, 0) is 24.6 Å². The average Bonchev–Trinajstić information content (AvgIpc) is 2.30. The molecule has 0 saturated carbocycles. The fraction of sp³-hybridized carbons (Fsp3) is 0.500. The van der Waals surface area contributed by atoms with Gasteiger partial charge in [0.2, 0.25) is 0 Å². The van der Waals surface area contributed by atoms with Crippen molar-refractivity contribution in [2.45, 2.75) is 24.0 Å². The minimum atomic E-state index is 0.179. The Bertz CT molecular complexity index is 379. The van der Waals surface area contributed by atoms with Crippen molar-refractivity contribution in [3.63, 3.8) is 0 Å². The first kappa shape index (κ1) is 11.6. The average molecular weight is 240 g/mol. The van der Waals surface area contributed by atoms with Crippen molar-refractivity contribution in [3.8, 4) is 11.5 Å². The summed E-state index contributed by atoms with van der Waals surface area (Å²) in [5.41, 5.74) is 1.16. The third-order valence-corrected chi connectivity index (χ3v) is 3.67. The van der Waals surface area contributed by atoms with Gasteiger partial charge in [-0.25, -0.2) is 0 Å². The number of thioether (sulfide) groups is 1. The number of ether oxygens (including phenoxy) is 2. The van der Waals surface area contributed by atoms with Gasteiger partial charge >= 0.3 is 0 Å². The zero-order chi connectivity index (χ0) is 11.5. The number of hydrogen-bond donors (Lipinski definition) is 1. The quantitative estimate of drug-likeness (QED) is 0.822. The Kier molecular flexibility index (Phi) is 3.61. The molecule has 16 heavy (non-hydrogen) atoms. The Labute approximate surface area is 99.8 Å². The highest BCUT2D eigenvalue weighted by molar-refractivity contribution is 8.00. The molecule has 1 atom stereocenters. The highest BCUT2D eigenvalue weighted by atomic mass is 32.2. The van der Waals surface area contributed by atoms with Crippen LogP contribution in [-0.2, 0) is 0 Å². The van der Waals surface area contributed by atoms with Gasteiger partial charge in [0, 0.05) is 10.1 Å². The fourth-order valence-electron chi connectivity index (χ4n) is 1.55. The van der Waals surface area contributed by atoms with Crippen LogP contribution in [0.25, 0.3) is 0 Å². The Morgan fingerprint density at radius 3 is 2.56 bits per heavy atom. The summed E-state index contributed by atoms with van der Waals surface area (Å²) in [6, 6.07) is 4.00. The van der Waals surface area contributed by atoms with Crippen molar-refractivity contribution in [1.82, 2.24) is 0 Å². The van der Waals surface area contributed by atoms with E-state index >= 15 is 0 Å². The molecule has 1 aromatic rings. The molecule has 1 aromatic carbocycles. The minimum Gasteiger partial charge on any atom is -0.486 e. The molecule has 88 valence electrons. The molecule has 3 nitrogen and oxygen atoms in total. The van der Waals surface area contributed by atoms with E-state index in [9.17, 15) is 0 Å². The van der Waals surface area contributed by atoms with Crippen molar-refractivity contribution in [1.29, 1.82) is 0 Å². The van der Waals surface area contributed by atoms with Crippen molar-refractivity contribution in [2.24, 2.45) is 0 Å². The second-order valence-electron chi connectivity index (χ2n) is 3.87. The van der Waals surface area contributed by atoms with Crippen LogP contribution in [0.2, 0.25) is 0 Å². The normalized spacial score (nSPS) is 15.9. The van der Waals surface area contributed by atoms with Crippen LogP contribution >= 0.6 is 11.8 Å². The molecule has 0 bridgehead atoms. The highest BCUT2D eigenvalue weighted by Gasteiger charge is 2.15. The number of aryl methyl sites for hydroxylation is 1. The number of hydrogen-bond acceptors (Lipinski definition) is 4. The second-order valence-corrected chi connectivity index (χ2v) is 5.35. The van der Waals surface area contributed by atoms with E-state index in [1.807, 2.05) is 26.0 Å². The SMILES string of the molecule is Cc1cc2c(cc1SC(C)CO)OCCO2. The topological polar surface area (TPSA) is 38.7 Å². The van der Waals surface area contributed by atoms with Crippen LogP contribution < -0.4 is 9.47 Å². The Hall–Kier alpha value is -0.870. The van der Waals surface area contributed by atoms with Crippen LogP contribution in [0.5, 0.6) is 11.5 Å². The summed E-state index contributed by atoms with van der Waals surface area (Å²) in [6.45, 7) is 5.45. The maximum Gasteiger partial charge on any atom is 0.162 e. The standard InChI is InChI=1S/C12H16O3S/c1-8-5-10-11(15-4-3-14-10)6-12(8)16-9(2)7-13/h5-6,9,13H,3-4,7H2,1-2H3. The molecule has 1 unspecified atom stereocenters. The molecule has 0 fully saturated rings. The van der Waals surface area contributed by atoms with E-state index in [0.29, 0.717) is 13.2 Å². The predicted octanol–water partition coefficient (Wildman–Crippen LogP) is 2.24. The van der Waals surface area contributed by atoms with Gasteiger partial charge in [-0.3, -0.25) is 0 Å². The van der Waals surface area contributed by atoms with Crippen LogP contribution in [0.15, 0.2) is 17.0 Å². The minimum absolute atomic E-state index is 0.179. The summed E-state index contributed by atoms with van der Waals surface area (Å²) in [7, 11) is 0. The van der Waals surface area contributed by atoms with Crippen LogP contribution in [0.3, 0.4) is 0 Å². The summed E-state index contributed by atoms with van der Waals surface area (Å²) in [5, 5.41) is 9.24. The molecule has 1 N–H and O–H groups in total. The molecule has 0 aromatic heterocycles. The molecule has 1 aliphatic rings. The van der Waals surface area contributed by atoms with Crippen LogP contribution in [0, 0.1) is 6.92 Å². The van der Waals surface area contributed by atoms with E-state index in [0.717, 1.165) is 22.0 Å². The number of aliphatic hydroxyl groups is 1. The van der Waals surface area contributed by atoms with Gasteiger partial charge in [0.15, 0.2) is 11.5 Å². The number of benzene rings is 1. The lowest BCUT2D eigenvalue weighted by atomic mass is 10.2. The smallest absolute Gasteiger partial charge is 0.162 e. The molecule has 0 spiro atoms. The first-order chi connectivity index (χ1) is 7.70. The molecular formula is C12H16O3S. The van der Waals surface area contributed by atoms with E-state index in [1.54, 1.807) is 11.8 Å². The van der Waals surface area contributed by atoms with E-state index in [-0.39, 0.29) is 11.9 Å². The van der Waals surface area contributed by atoms with Gasteiger partial charge < -0.3 is 14.6 Å². The predicted molar refractivity (Wildman–Crippen MR) is 64.6 cm³/mol.